The second-order valence-electron chi connectivity index (χ2n) is 7.98. The van der Waals surface area contributed by atoms with Crippen LogP contribution in [0.4, 0.5) is 0 Å². The van der Waals surface area contributed by atoms with Crippen molar-refractivity contribution < 1.29 is 27.2 Å². The van der Waals surface area contributed by atoms with Crippen LogP contribution in [0.2, 0.25) is 0 Å². The Balaban J connectivity index is 1.37. The Morgan fingerprint density at radius 2 is 1.03 bits per heavy atom. The summed E-state index contributed by atoms with van der Waals surface area (Å²) in [4.78, 5) is 0. The summed E-state index contributed by atoms with van der Waals surface area (Å²) < 4.78 is 48.8. The van der Waals surface area contributed by atoms with E-state index in [-0.39, 0.29) is 38.8 Å². The molecule has 0 amide bonds. The van der Waals surface area contributed by atoms with Crippen molar-refractivity contribution in [2.45, 2.75) is 26.2 Å². The van der Waals surface area contributed by atoms with Gasteiger partial charge in [0.25, 0.3) is 0 Å². The predicted molar refractivity (Wildman–Crippen MR) is 111 cm³/mol. The highest BCUT2D eigenvalue weighted by Gasteiger charge is 2.48. The highest BCUT2D eigenvalue weighted by molar-refractivity contribution is 7.53. The van der Waals surface area contributed by atoms with E-state index in [0.717, 1.165) is 22.3 Å². The third-order valence-electron chi connectivity index (χ3n) is 5.52. The van der Waals surface area contributed by atoms with E-state index in [2.05, 4.69) is 0 Å². The normalized spacial score (nSPS) is 32.3. The monoisotopic (exact) mass is 436 g/mol. The summed E-state index contributed by atoms with van der Waals surface area (Å²) in [5, 5.41) is 0. The summed E-state index contributed by atoms with van der Waals surface area (Å²) in [6, 6.07) is 15.5. The second kappa shape index (κ2) is 8.11. The SMILES string of the molecule is Cc1ccccc1CP1(=O)OCC2(CO1)COP(=O)(Cc1ccccc1C)OC2. The van der Waals surface area contributed by atoms with Crippen LogP contribution < -0.4 is 0 Å². The fourth-order valence-electron chi connectivity index (χ4n) is 3.44. The fourth-order valence-corrected chi connectivity index (χ4v) is 7.38. The minimum atomic E-state index is -3.23. The van der Waals surface area contributed by atoms with Crippen LogP contribution >= 0.6 is 15.2 Å². The molecule has 156 valence electrons. The van der Waals surface area contributed by atoms with E-state index in [4.69, 9.17) is 18.1 Å². The molecule has 6 nitrogen and oxygen atoms in total. The van der Waals surface area contributed by atoms with Gasteiger partial charge in [0.2, 0.25) is 0 Å². The van der Waals surface area contributed by atoms with Crippen LogP contribution in [-0.4, -0.2) is 26.4 Å². The molecule has 2 aliphatic rings. The molecule has 2 aliphatic heterocycles. The quantitative estimate of drug-likeness (QED) is 0.592. The lowest BCUT2D eigenvalue weighted by Gasteiger charge is -2.43. The average molecular weight is 436 g/mol. The van der Waals surface area contributed by atoms with Crippen LogP contribution in [0.25, 0.3) is 0 Å². The first kappa shape index (κ1) is 21.0. The van der Waals surface area contributed by atoms with Crippen molar-refractivity contribution in [2.24, 2.45) is 5.41 Å². The van der Waals surface area contributed by atoms with Crippen molar-refractivity contribution in [1.29, 1.82) is 0 Å². The van der Waals surface area contributed by atoms with Gasteiger partial charge in [-0.15, -0.1) is 0 Å². The molecule has 0 N–H and O–H groups in total. The highest BCUT2D eigenvalue weighted by Crippen LogP contribution is 2.61. The molecule has 0 aromatic heterocycles. The van der Waals surface area contributed by atoms with Crippen molar-refractivity contribution in [1.82, 2.24) is 0 Å². The Kier molecular flexibility index (Phi) is 5.87. The van der Waals surface area contributed by atoms with Gasteiger partial charge in [0.15, 0.2) is 0 Å². The molecule has 0 saturated carbocycles. The molecule has 29 heavy (non-hydrogen) atoms. The van der Waals surface area contributed by atoms with Gasteiger partial charge in [0.1, 0.15) is 0 Å². The third kappa shape index (κ3) is 4.74. The number of aryl methyl sites for hydroxylation is 2. The summed E-state index contributed by atoms with van der Waals surface area (Å²) in [7, 11) is -6.46. The van der Waals surface area contributed by atoms with Gasteiger partial charge in [-0.2, -0.15) is 0 Å². The minimum absolute atomic E-state index is 0.195. The highest BCUT2D eigenvalue weighted by atomic mass is 31.2. The Bertz CT molecular complexity index is 882. The lowest BCUT2D eigenvalue weighted by molar-refractivity contribution is -0.0690. The maximum atomic E-state index is 13.0. The Labute approximate surface area is 171 Å². The Hall–Kier alpha value is -1.26. The van der Waals surface area contributed by atoms with E-state index in [1.54, 1.807) is 0 Å². The van der Waals surface area contributed by atoms with E-state index in [9.17, 15) is 9.13 Å². The molecule has 2 aromatic carbocycles. The molecule has 2 heterocycles. The van der Waals surface area contributed by atoms with Crippen LogP contribution in [0.5, 0.6) is 0 Å². The molecule has 0 bridgehead atoms. The standard InChI is InChI=1S/C21H26O6P2/c1-17-7-3-5-9-19(17)11-28(22)24-13-21(14-25-28)15-26-29(23,27-16-21)12-20-10-6-4-8-18(20)2/h3-10H,11-16H2,1-2H3. The van der Waals surface area contributed by atoms with Crippen LogP contribution in [-0.2, 0) is 39.5 Å². The molecule has 0 aliphatic carbocycles. The molecule has 2 aromatic rings. The van der Waals surface area contributed by atoms with Crippen LogP contribution in [0.3, 0.4) is 0 Å². The van der Waals surface area contributed by atoms with Gasteiger partial charge in [-0.25, -0.2) is 0 Å². The average Bonchev–Trinajstić information content (AvgIpc) is 2.71. The van der Waals surface area contributed by atoms with Gasteiger partial charge in [-0.3, -0.25) is 9.13 Å². The smallest absolute Gasteiger partial charge is 0.307 e. The van der Waals surface area contributed by atoms with Gasteiger partial charge in [-0.1, -0.05) is 48.5 Å². The van der Waals surface area contributed by atoms with Crippen LogP contribution in [0, 0.1) is 19.3 Å². The number of rotatable bonds is 4. The summed E-state index contributed by atoms with van der Waals surface area (Å²) in [6.07, 6.45) is 0.479. The molecular weight excluding hydrogens is 410 g/mol. The lowest BCUT2D eigenvalue weighted by atomic mass is 9.93. The van der Waals surface area contributed by atoms with Crippen molar-refractivity contribution in [3.8, 4) is 0 Å². The molecular formula is C21H26O6P2. The maximum absolute atomic E-state index is 13.0. The molecule has 1 spiro atoms. The van der Waals surface area contributed by atoms with E-state index in [1.807, 2.05) is 62.4 Å². The molecule has 8 heteroatoms. The number of benzene rings is 2. The van der Waals surface area contributed by atoms with E-state index in [1.165, 1.54) is 0 Å². The van der Waals surface area contributed by atoms with Crippen molar-refractivity contribution in [3.63, 3.8) is 0 Å². The number of hydrogen-bond donors (Lipinski definition) is 0. The lowest BCUT2D eigenvalue weighted by Crippen LogP contribution is -2.45. The second-order valence-corrected chi connectivity index (χ2v) is 12.1. The predicted octanol–water partition coefficient (Wildman–Crippen LogP) is 5.47. The van der Waals surface area contributed by atoms with E-state index >= 15 is 0 Å². The van der Waals surface area contributed by atoms with Crippen LogP contribution in [0.15, 0.2) is 48.5 Å². The molecule has 0 atom stereocenters. The van der Waals surface area contributed by atoms with Gasteiger partial charge in [0.05, 0.1) is 44.2 Å². The molecule has 0 unspecified atom stereocenters. The fraction of sp³-hybridized carbons (Fsp3) is 0.429. The molecule has 0 radical (unpaired) electrons. The summed E-state index contributed by atoms with van der Waals surface area (Å²) in [5.74, 6) is 0. The van der Waals surface area contributed by atoms with Gasteiger partial charge in [0, 0.05) is 0 Å². The Morgan fingerprint density at radius 3 is 1.38 bits per heavy atom. The number of hydrogen-bond acceptors (Lipinski definition) is 6. The zero-order chi connectivity index (χ0) is 20.5. The summed E-state index contributed by atoms with van der Waals surface area (Å²) >= 11 is 0. The summed E-state index contributed by atoms with van der Waals surface area (Å²) in [5.41, 5.74) is 3.42. The zero-order valence-electron chi connectivity index (χ0n) is 16.7. The van der Waals surface area contributed by atoms with Gasteiger partial charge in [-0.05, 0) is 36.1 Å². The van der Waals surface area contributed by atoms with Gasteiger partial charge < -0.3 is 18.1 Å². The van der Waals surface area contributed by atoms with Gasteiger partial charge >= 0.3 is 15.2 Å². The first-order valence-corrected chi connectivity index (χ1v) is 13.1. The third-order valence-corrected chi connectivity index (χ3v) is 9.07. The van der Waals surface area contributed by atoms with E-state index in [0.29, 0.717) is 0 Å². The zero-order valence-corrected chi connectivity index (χ0v) is 18.5. The molecule has 2 fully saturated rings. The van der Waals surface area contributed by atoms with Crippen LogP contribution in [0.1, 0.15) is 22.3 Å². The van der Waals surface area contributed by atoms with Crippen molar-refractivity contribution >= 4 is 15.2 Å². The minimum Gasteiger partial charge on any atom is -0.307 e. The largest absolute Gasteiger partial charge is 0.335 e. The maximum Gasteiger partial charge on any atom is 0.335 e. The van der Waals surface area contributed by atoms with Crippen molar-refractivity contribution in [2.75, 3.05) is 26.4 Å². The Morgan fingerprint density at radius 1 is 0.690 bits per heavy atom. The van der Waals surface area contributed by atoms with Crippen molar-refractivity contribution in [3.05, 3.63) is 70.8 Å². The summed E-state index contributed by atoms with van der Waals surface area (Å²) in [6.45, 7) is 4.73. The van der Waals surface area contributed by atoms with E-state index < -0.39 is 20.6 Å². The first-order chi connectivity index (χ1) is 13.8. The topological polar surface area (TPSA) is 71.1 Å². The molecule has 4 rings (SSSR count). The first-order valence-electron chi connectivity index (χ1n) is 9.66. The molecule has 2 saturated heterocycles.